The molecule has 0 unspecified atom stereocenters. The van der Waals surface area contributed by atoms with Gasteiger partial charge in [-0.2, -0.15) is 0 Å². The van der Waals surface area contributed by atoms with E-state index < -0.39 is 0 Å². The molecule has 0 bridgehead atoms. The van der Waals surface area contributed by atoms with Crippen LogP contribution in [-0.4, -0.2) is 16.7 Å². The van der Waals surface area contributed by atoms with Crippen molar-refractivity contribution in [3.8, 4) is 0 Å². The average molecular weight is 241 g/mol. The van der Waals surface area contributed by atoms with E-state index in [4.69, 9.17) is 0 Å². The molecule has 3 rings (SSSR count). The summed E-state index contributed by atoms with van der Waals surface area (Å²) >= 11 is 0. The number of amides is 2. The number of allylic oxidation sites excluding steroid dienone is 2. The minimum atomic E-state index is -0.119. The third kappa shape index (κ3) is 1.76. The minimum absolute atomic E-state index is 0.00166. The molecule has 2 aliphatic rings. The van der Waals surface area contributed by atoms with Crippen molar-refractivity contribution in [2.75, 3.05) is 0 Å². The maximum atomic E-state index is 12.2. The fourth-order valence-corrected chi connectivity index (χ4v) is 2.79. The van der Waals surface area contributed by atoms with Crippen LogP contribution in [0.5, 0.6) is 0 Å². The van der Waals surface area contributed by atoms with Crippen LogP contribution in [0.4, 0.5) is 0 Å². The number of likely N-dealkylation sites (tertiary alicyclic amines) is 1. The summed E-state index contributed by atoms with van der Waals surface area (Å²) in [5.74, 6) is -0.242. The Bertz CT molecular complexity index is 480. The normalized spacial score (nSPS) is 26.6. The van der Waals surface area contributed by atoms with E-state index in [1.165, 1.54) is 4.90 Å². The second kappa shape index (κ2) is 4.41. The van der Waals surface area contributed by atoms with Crippen LogP contribution in [0, 0.1) is 11.8 Å². The summed E-state index contributed by atoms with van der Waals surface area (Å²) in [6.45, 7) is 0.408. The highest BCUT2D eigenvalue weighted by Crippen LogP contribution is 2.35. The topological polar surface area (TPSA) is 37.4 Å². The summed E-state index contributed by atoms with van der Waals surface area (Å²) in [6, 6.07) is 9.67. The molecule has 1 aromatic carbocycles. The number of nitrogens with zero attached hydrogens (tertiary/aromatic N) is 1. The number of benzene rings is 1. The van der Waals surface area contributed by atoms with Gasteiger partial charge >= 0.3 is 0 Å². The van der Waals surface area contributed by atoms with Gasteiger partial charge in [-0.1, -0.05) is 42.5 Å². The number of hydrogen-bond donors (Lipinski definition) is 0. The predicted octanol–water partition coefficient (Wildman–Crippen LogP) is 2.14. The standard InChI is InChI=1S/C15H15NO2/c17-14-12-8-4-5-9-13(12)15(18)16(14)10-11-6-2-1-3-7-11/h1-7,12-13H,8-10H2/t12-,13-/m1/s1. The third-order valence-corrected chi connectivity index (χ3v) is 3.78. The van der Waals surface area contributed by atoms with Gasteiger partial charge in [0, 0.05) is 0 Å². The van der Waals surface area contributed by atoms with E-state index in [9.17, 15) is 9.59 Å². The molecule has 1 fully saturated rings. The zero-order chi connectivity index (χ0) is 12.5. The Morgan fingerprint density at radius 3 is 2.06 bits per heavy atom. The van der Waals surface area contributed by atoms with E-state index >= 15 is 0 Å². The molecular formula is C15H15NO2. The second-order valence-corrected chi connectivity index (χ2v) is 4.90. The van der Waals surface area contributed by atoms with Gasteiger partial charge in [0.15, 0.2) is 0 Å². The van der Waals surface area contributed by atoms with Crippen LogP contribution in [0.25, 0.3) is 0 Å². The molecule has 0 aromatic heterocycles. The number of rotatable bonds is 2. The van der Waals surface area contributed by atoms with E-state index in [2.05, 4.69) is 0 Å². The summed E-state index contributed by atoms with van der Waals surface area (Å²) in [7, 11) is 0. The highest BCUT2D eigenvalue weighted by Gasteiger charge is 2.46. The molecule has 2 amide bonds. The lowest BCUT2D eigenvalue weighted by molar-refractivity contribution is -0.140. The minimum Gasteiger partial charge on any atom is -0.278 e. The Labute approximate surface area is 106 Å². The molecule has 0 spiro atoms. The van der Waals surface area contributed by atoms with Crippen LogP contribution in [0.3, 0.4) is 0 Å². The molecular weight excluding hydrogens is 226 g/mol. The smallest absolute Gasteiger partial charge is 0.233 e. The van der Waals surface area contributed by atoms with Crippen LogP contribution in [0.2, 0.25) is 0 Å². The number of carbonyl (C=O) groups excluding carboxylic acids is 2. The molecule has 3 heteroatoms. The van der Waals surface area contributed by atoms with Gasteiger partial charge < -0.3 is 0 Å². The molecule has 0 saturated carbocycles. The Hall–Kier alpha value is -1.90. The maximum Gasteiger partial charge on any atom is 0.233 e. The van der Waals surface area contributed by atoms with Crippen LogP contribution >= 0.6 is 0 Å². The summed E-state index contributed by atoms with van der Waals surface area (Å²) in [6.07, 6.45) is 5.44. The first-order valence-electron chi connectivity index (χ1n) is 6.31. The van der Waals surface area contributed by atoms with Crippen molar-refractivity contribution in [3.05, 3.63) is 48.0 Å². The van der Waals surface area contributed by atoms with Crippen molar-refractivity contribution in [1.82, 2.24) is 4.90 Å². The van der Waals surface area contributed by atoms with Gasteiger partial charge in [-0.25, -0.2) is 0 Å². The van der Waals surface area contributed by atoms with Crippen LogP contribution < -0.4 is 0 Å². The third-order valence-electron chi connectivity index (χ3n) is 3.78. The molecule has 0 radical (unpaired) electrons. The second-order valence-electron chi connectivity index (χ2n) is 4.90. The Morgan fingerprint density at radius 1 is 0.944 bits per heavy atom. The lowest BCUT2D eigenvalue weighted by Gasteiger charge is -2.14. The number of hydrogen-bond acceptors (Lipinski definition) is 2. The van der Waals surface area contributed by atoms with E-state index in [1.807, 2.05) is 42.5 Å². The Morgan fingerprint density at radius 2 is 1.50 bits per heavy atom. The van der Waals surface area contributed by atoms with Crippen molar-refractivity contribution in [3.63, 3.8) is 0 Å². The molecule has 1 heterocycles. The average Bonchev–Trinajstić information content (AvgIpc) is 2.66. The molecule has 0 N–H and O–H groups in total. The van der Waals surface area contributed by atoms with E-state index in [0.717, 1.165) is 5.56 Å². The predicted molar refractivity (Wildman–Crippen MR) is 67.4 cm³/mol. The van der Waals surface area contributed by atoms with Gasteiger partial charge in [-0.05, 0) is 18.4 Å². The van der Waals surface area contributed by atoms with Gasteiger partial charge in [0.2, 0.25) is 11.8 Å². The summed E-state index contributed by atoms with van der Waals surface area (Å²) in [5, 5.41) is 0. The highest BCUT2D eigenvalue weighted by atomic mass is 16.2. The molecule has 92 valence electrons. The highest BCUT2D eigenvalue weighted by molar-refractivity contribution is 6.05. The van der Waals surface area contributed by atoms with Crippen molar-refractivity contribution in [2.24, 2.45) is 11.8 Å². The fourth-order valence-electron chi connectivity index (χ4n) is 2.79. The lowest BCUT2D eigenvalue weighted by atomic mass is 9.85. The molecule has 1 aliphatic carbocycles. The van der Waals surface area contributed by atoms with Crippen molar-refractivity contribution in [2.45, 2.75) is 19.4 Å². The first kappa shape index (κ1) is 11.2. The van der Waals surface area contributed by atoms with Crippen LogP contribution in [0.1, 0.15) is 18.4 Å². The van der Waals surface area contributed by atoms with E-state index in [0.29, 0.717) is 19.4 Å². The maximum absolute atomic E-state index is 12.2. The SMILES string of the molecule is O=C1[C@@H]2CC=CC[C@H]2C(=O)N1Cc1ccccc1. The van der Waals surface area contributed by atoms with Gasteiger partial charge in [0.05, 0.1) is 18.4 Å². The van der Waals surface area contributed by atoms with Gasteiger partial charge in [0.1, 0.15) is 0 Å². The molecule has 2 atom stereocenters. The largest absolute Gasteiger partial charge is 0.278 e. The fraction of sp³-hybridized carbons (Fsp3) is 0.333. The van der Waals surface area contributed by atoms with Crippen LogP contribution in [0.15, 0.2) is 42.5 Å². The Kier molecular flexibility index (Phi) is 2.74. The van der Waals surface area contributed by atoms with Crippen molar-refractivity contribution < 1.29 is 9.59 Å². The van der Waals surface area contributed by atoms with Crippen molar-refractivity contribution in [1.29, 1.82) is 0 Å². The van der Waals surface area contributed by atoms with Gasteiger partial charge in [0.25, 0.3) is 0 Å². The van der Waals surface area contributed by atoms with Crippen LogP contribution in [-0.2, 0) is 16.1 Å². The lowest BCUT2D eigenvalue weighted by Crippen LogP contribution is -2.30. The number of fused-ring (bicyclic) bond motifs is 1. The summed E-state index contributed by atoms with van der Waals surface area (Å²) < 4.78 is 0. The molecule has 18 heavy (non-hydrogen) atoms. The number of carbonyl (C=O) groups is 2. The zero-order valence-electron chi connectivity index (χ0n) is 10.1. The van der Waals surface area contributed by atoms with Gasteiger partial charge in [-0.15, -0.1) is 0 Å². The monoisotopic (exact) mass is 241 g/mol. The first-order chi connectivity index (χ1) is 8.77. The van der Waals surface area contributed by atoms with Crippen molar-refractivity contribution >= 4 is 11.8 Å². The van der Waals surface area contributed by atoms with E-state index in [1.54, 1.807) is 0 Å². The molecule has 1 saturated heterocycles. The zero-order valence-corrected chi connectivity index (χ0v) is 10.1. The molecule has 3 nitrogen and oxygen atoms in total. The quantitative estimate of drug-likeness (QED) is 0.587. The number of imide groups is 1. The molecule has 1 aliphatic heterocycles. The first-order valence-corrected chi connectivity index (χ1v) is 6.31. The van der Waals surface area contributed by atoms with E-state index in [-0.39, 0.29) is 23.7 Å². The Balaban J connectivity index is 1.82. The summed E-state index contributed by atoms with van der Waals surface area (Å²) in [5.41, 5.74) is 1.01. The van der Waals surface area contributed by atoms with Gasteiger partial charge in [-0.3, -0.25) is 14.5 Å². The summed E-state index contributed by atoms with van der Waals surface area (Å²) in [4.78, 5) is 25.9. The molecule has 1 aromatic rings.